The summed E-state index contributed by atoms with van der Waals surface area (Å²) in [5.41, 5.74) is 0.390. The Balaban J connectivity index is 2.70. The van der Waals surface area contributed by atoms with Crippen LogP contribution in [0.2, 0.25) is 0 Å². The summed E-state index contributed by atoms with van der Waals surface area (Å²) in [4.78, 5) is 0. The predicted molar refractivity (Wildman–Crippen MR) is 70.2 cm³/mol. The summed E-state index contributed by atoms with van der Waals surface area (Å²) in [6.45, 7) is 6.53. The lowest BCUT2D eigenvalue weighted by molar-refractivity contribution is 0.153. The summed E-state index contributed by atoms with van der Waals surface area (Å²) in [5.74, 6) is 0.232. The van der Waals surface area contributed by atoms with Crippen LogP contribution < -0.4 is 10.1 Å². The molecule has 0 aliphatic heterocycles. The third-order valence-corrected chi connectivity index (χ3v) is 2.99. The molecule has 0 aliphatic rings. The molecule has 18 heavy (non-hydrogen) atoms. The van der Waals surface area contributed by atoms with Crippen molar-refractivity contribution in [3.8, 4) is 5.75 Å². The molecule has 1 atom stereocenters. The molecule has 102 valence electrons. The van der Waals surface area contributed by atoms with Gasteiger partial charge >= 0.3 is 0 Å². The van der Waals surface area contributed by atoms with Gasteiger partial charge in [0.2, 0.25) is 0 Å². The van der Waals surface area contributed by atoms with Crippen LogP contribution in [-0.4, -0.2) is 25.4 Å². The molecule has 0 saturated carbocycles. The zero-order valence-corrected chi connectivity index (χ0v) is 11.5. The van der Waals surface area contributed by atoms with Gasteiger partial charge < -0.3 is 15.2 Å². The van der Waals surface area contributed by atoms with Crippen molar-refractivity contribution < 1.29 is 14.2 Å². The van der Waals surface area contributed by atoms with Crippen LogP contribution in [0.5, 0.6) is 5.75 Å². The van der Waals surface area contributed by atoms with Crippen LogP contribution in [0.25, 0.3) is 0 Å². The maximum absolute atomic E-state index is 13.8. The number of halogens is 1. The standard InChI is InChI=1S/C14H22FNO2/c1-10(16-8-14(2,3)9-17)12-6-5-11(18-4)7-13(12)15/h5-7,10,16-17H,8-9H2,1-4H3. The maximum atomic E-state index is 13.8. The SMILES string of the molecule is COc1ccc(C(C)NCC(C)(C)CO)c(F)c1. The molecule has 0 aromatic heterocycles. The van der Waals surface area contributed by atoms with E-state index in [1.807, 2.05) is 20.8 Å². The fourth-order valence-electron chi connectivity index (χ4n) is 1.58. The number of ether oxygens (including phenoxy) is 1. The molecule has 0 saturated heterocycles. The summed E-state index contributed by atoms with van der Waals surface area (Å²) in [7, 11) is 1.51. The molecule has 1 aromatic carbocycles. The Morgan fingerprint density at radius 1 is 1.44 bits per heavy atom. The van der Waals surface area contributed by atoms with E-state index in [-0.39, 0.29) is 23.9 Å². The Morgan fingerprint density at radius 3 is 2.61 bits per heavy atom. The fourth-order valence-corrected chi connectivity index (χ4v) is 1.58. The first-order valence-corrected chi connectivity index (χ1v) is 6.07. The lowest BCUT2D eigenvalue weighted by Gasteiger charge is -2.25. The average Bonchev–Trinajstić information content (AvgIpc) is 2.36. The topological polar surface area (TPSA) is 41.5 Å². The second-order valence-electron chi connectivity index (χ2n) is 5.31. The first-order valence-electron chi connectivity index (χ1n) is 6.07. The Morgan fingerprint density at radius 2 is 2.11 bits per heavy atom. The summed E-state index contributed by atoms with van der Waals surface area (Å²) < 4.78 is 18.8. The second-order valence-corrected chi connectivity index (χ2v) is 5.31. The number of hydrogen-bond donors (Lipinski definition) is 2. The first kappa shape index (κ1) is 14.9. The average molecular weight is 255 g/mol. The smallest absolute Gasteiger partial charge is 0.131 e. The zero-order valence-electron chi connectivity index (χ0n) is 11.5. The lowest BCUT2D eigenvalue weighted by Crippen LogP contribution is -2.34. The largest absolute Gasteiger partial charge is 0.497 e. The van der Waals surface area contributed by atoms with Crippen molar-refractivity contribution in [2.24, 2.45) is 5.41 Å². The minimum absolute atomic E-state index is 0.0951. The Hall–Kier alpha value is -1.13. The van der Waals surface area contributed by atoms with E-state index in [4.69, 9.17) is 9.84 Å². The molecule has 0 fully saturated rings. The molecule has 0 aliphatic carbocycles. The number of aliphatic hydroxyl groups excluding tert-OH is 1. The van der Waals surface area contributed by atoms with Crippen LogP contribution in [0.4, 0.5) is 4.39 Å². The highest BCUT2D eigenvalue weighted by atomic mass is 19.1. The molecule has 0 bridgehead atoms. The number of aliphatic hydroxyl groups is 1. The zero-order chi connectivity index (χ0) is 13.8. The summed E-state index contributed by atoms with van der Waals surface area (Å²) in [6.07, 6.45) is 0. The normalized spacial score (nSPS) is 13.4. The molecule has 4 heteroatoms. The Kier molecular flexibility index (Phi) is 5.11. The van der Waals surface area contributed by atoms with Crippen molar-refractivity contribution in [3.05, 3.63) is 29.6 Å². The Labute approximate surface area is 108 Å². The van der Waals surface area contributed by atoms with Gasteiger partial charge in [0, 0.05) is 36.2 Å². The molecule has 2 N–H and O–H groups in total. The van der Waals surface area contributed by atoms with Gasteiger partial charge in [0.05, 0.1) is 7.11 Å². The highest BCUT2D eigenvalue weighted by Crippen LogP contribution is 2.22. The van der Waals surface area contributed by atoms with Gasteiger partial charge in [-0.05, 0) is 13.0 Å². The van der Waals surface area contributed by atoms with Gasteiger partial charge in [-0.15, -0.1) is 0 Å². The van der Waals surface area contributed by atoms with E-state index >= 15 is 0 Å². The van der Waals surface area contributed by atoms with Gasteiger partial charge in [-0.2, -0.15) is 0 Å². The van der Waals surface area contributed by atoms with Crippen molar-refractivity contribution in [2.45, 2.75) is 26.8 Å². The lowest BCUT2D eigenvalue weighted by atomic mass is 9.94. The van der Waals surface area contributed by atoms with Crippen molar-refractivity contribution in [2.75, 3.05) is 20.3 Å². The van der Waals surface area contributed by atoms with E-state index in [1.165, 1.54) is 13.2 Å². The first-order chi connectivity index (χ1) is 8.39. The van der Waals surface area contributed by atoms with Crippen molar-refractivity contribution in [3.63, 3.8) is 0 Å². The van der Waals surface area contributed by atoms with E-state index in [1.54, 1.807) is 12.1 Å². The van der Waals surface area contributed by atoms with Crippen molar-refractivity contribution in [1.29, 1.82) is 0 Å². The van der Waals surface area contributed by atoms with Gasteiger partial charge in [0.1, 0.15) is 11.6 Å². The molecule has 0 heterocycles. The summed E-state index contributed by atoms with van der Waals surface area (Å²) in [6, 6.07) is 4.73. The summed E-state index contributed by atoms with van der Waals surface area (Å²) in [5, 5.41) is 12.4. The predicted octanol–water partition coefficient (Wildman–Crippen LogP) is 2.50. The van der Waals surface area contributed by atoms with Crippen LogP contribution in [0.1, 0.15) is 32.4 Å². The number of rotatable bonds is 6. The molecule has 0 amide bonds. The molecule has 1 unspecified atom stereocenters. The quantitative estimate of drug-likeness (QED) is 0.820. The Bertz CT molecular complexity index is 393. The van der Waals surface area contributed by atoms with Gasteiger partial charge in [-0.1, -0.05) is 19.9 Å². The molecular weight excluding hydrogens is 233 g/mol. The number of hydrogen-bond acceptors (Lipinski definition) is 3. The molecule has 1 aromatic rings. The van der Waals surface area contributed by atoms with Gasteiger partial charge in [-0.3, -0.25) is 0 Å². The third-order valence-electron chi connectivity index (χ3n) is 2.99. The minimum atomic E-state index is -0.281. The number of methoxy groups -OCH3 is 1. The van der Waals surface area contributed by atoms with Crippen LogP contribution in [0.3, 0.4) is 0 Å². The molecule has 3 nitrogen and oxygen atoms in total. The monoisotopic (exact) mass is 255 g/mol. The van der Waals surface area contributed by atoms with Crippen molar-refractivity contribution in [1.82, 2.24) is 5.32 Å². The van der Waals surface area contributed by atoms with Gasteiger partial charge in [0.25, 0.3) is 0 Å². The minimum Gasteiger partial charge on any atom is -0.497 e. The fraction of sp³-hybridized carbons (Fsp3) is 0.571. The van der Waals surface area contributed by atoms with Gasteiger partial charge in [-0.25, -0.2) is 4.39 Å². The molecule has 1 rings (SSSR count). The van der Waals surface area contributed by atoms with Gasteiger partial charge in [0.15, 0.2) is 0 Å². The van der Waals surface area contributed by atoms with E-state index in [0.717, 1.165) is 0 Å². The van der Waals surface area contributed by atoms with Crippen LogP contribution in [0.15, 0.2) is 18.2 Å². The molecule has 0 radical (unpaired) electrons. The van der Waals surface area contributed by atoms with Crippen LogP contribution >= 0.6 is 0 Å². The highest BCUT2D eigenvalue weighted by Gasteiger charge is 2.19. The van der Waals surface area contributed by atoms with E-state index in [2.05, 4.69) is 5.32 Å². The number of nitrogens with one attached hydrogen (secondary N) is 1. The number of benzene rings is 1. The third kappa shape index (κ3) is 3.96. The van der Waals surface area contributed by atoms with Crippen LogP contribution in [0, 0.1) is 11.2 Å². The van der Waals surface area contributed by atoms with Crippen LogP contribution in [-0.2, 0) is 0 Å². The molecular formula is C14H22FNO2. The molecule has 0 spiro atoms. The van der Waals surface area contributed by atoms with E-state index < -0.39 is 0 Å². The summed E-state index contributed by atoms with van der Waals surface area (Å²) >= 11 is 0. The van der Waals surface area contributed by atoms with E-state index in [9.17, 15) is 4.39 Å². The maximum Gasteiger partial charge on any atom is 0.131 e. The second kappa shape index (κ2) is 6.16. The highest BCUT2D eigenvalue weighted by molar-refractivity contribution is 5.30. The van der Waals surface area contributed by atoms with E-state index in [0.29, 0.717) is 17.9 Å². The van der Waals surface area contributed by atoms with Crippen molar-refractivity contribution >= 4 is 0 Å².